The van der Waals surface area contributed by atoms with Gasteiger partial charge in [-0.25, -0.2) is 9.78 Å². The first-order valence-electron chi connectivity index (χ1n) is 10.2. The van der Waals surface area contributed by atoms with Crippen LogP contribution in [0.2, 0.25) is 0 Å². The van der Waals surface area contributed by atoms with Gasteiger partial charge in [0.2, 0.25) is 0 Å². The van der Waals surface area contributed by atoms with Crippen LogP contribution in [0.15, 0.2) is 49.1 Å². The van der Waals surface area contributed by atoms with Crippen molar-refractivity contribution in [1.82, 2.24) is 24.2 Å². The highest BCUT2D eigenvalue weighted by Gasteiger charge is 2.23. The summed E-state index contributed by atoms with van der Waals surface area (Å²) in [4.78, 5) is 25.9. The Morgan fingerprint density at radius 2 is 2.14 bits per heavy atom. The molecule has 4 heterocycles. The summed E-state index contributed by atoms with van der Waals surface area (Å²) >= 11 is 0. The van der Waals surface area contributed by atoms with Gasteiger partial charge >= 0.3 is 6.03 Å². The third kappa shape index (κ3) is 4.56. The van der Waals surface area contributed by atoms with E-state index < -0.39 is 0 Å². The summed E-state index contributed by atoms with van der Waals surface area (Å²) < 4.78 is 1.94. The molecule has 7 nitrogen and oxygen atoms in total. The second-order valence-electron chi connectivity index (χ2n) is 7.81. The van der Waals surface area contributed by atoms with Gasteiger partial charge in [-0.15, -0.1) is 0 Å². The van der Waals surface area contributed by atoms with Crippen molar-refractivity contribution in [3.05, 3.63) is 60.3 Å². The summed E-state index contributed by atoms with van der Waals surface area (Å²) in [6.45, 7) is 4.38. The molecule has 3 aromatic rings. The first-order chi connectivity index (χ1) is 14.1. The van der Waals surface area contributed by atoms with Gasteiger partial charge in [-0.2, -0.15) is 0 Å². The standard InChI is InChI=1S/C22H28N6O/c1-17-14-19(16-28-13-10-24-21(17)28)25-22(29)27-11-5-7-20(8-12-27)26(2)15-18-6-3-4-9-23-18/h3-4,6,9-10,13-14,16,20H,5,7-8,11-12,15H2,1-2H3,(H,25,29). The lowest BCUT2D eigenvalue weighted by atomic mass is 10.1. The Kier molecular flexibility index (Phi) is 5.76. The average molecular weight is 393 g/mol. The minimum Gasteiger partial charge on any atom is -0.324 e. The van der Waals surface area contributed by atoms with Gasteiger partial charge in [-0.1, -0.05) is 6.07 Å². The number of hydrogen-bond donors (Lipinski definition) is 1. The summed E-state index contributed by atoms with van der Waals surface area (Å²) in [5.41, 5.74) is 3.83. The lowest BCUT2D eigenvalue weighted by Gasteiger charge is -2.27. The number of carbonyl (C=O) groups excluding carboxylic acids is 1. The fourth-order valence-electron chi connectivity index (χ4n) is 4.08. The van der Waals surface area contributed by atoms with Crippen LogP contribution >= 0.6 is 0 Å². The van der Waals surface area contributed by atoms with E-state index in [-0.39, 0.29) is 6.03 Å². The van der Waals surface area contributed by atoms with Crippen molar-refractivity contribution in [2.75, 3.05) is 25.5 Å². The lowest BCUT2D eigenvalue weighted by Crippen LogP contribution is -2.37. The van der Waals surface area contributed by atoms with E-state index in [2.05, 4.69) is 33.3 Å². The van der Waals surface area contributed by atoms with E-state index in [1.54, 1.807) is 6.20 Å². The van der Waals surface area contributed by atoms with Crippen LogP contribution in [-0.4, -0.2) is 56.4 Å². The molecule has 1 saturated heterocycles. The van der Waals surface area contributed by atoms with Crippen LogP contribution in [0, 0.1) is 6.92 Å². The highest BCUT2D eigenvalue weighted by Crippen LogP contribution is 2.19. The van der Waals surface area contributed by atoms with Gasteiger partial charge in [0.1, 0.15) is 5.65 Å². The molecule has 0 saturated carbocycles. The molecule has 2 amide bonds. The Morgan fingerprint density at radius 3 is 2.97 bits per heavy atom. The van der Waals surface area contributed by atoms with E-state index in [0.717, 1.165) is 61.5 Å². The Bertz CT molecular complexity index is 970. The predicted molar refractivity (Wildman–Crippen MR) is 114 cm³/mol. The maximum Gasteiger partial charge on any atom is 0.321 e. The van der Waals surface area contributed by atoms with E-state index in [9.17, 15) is 4.79 Å². The zero-order valence-electron chi connectivity index (χ0n) is 17.1. The number of imidazole rings is 1. The van der Waals surface area contributed by atoms with Crippen LogP contribution in [-0.2, 0) is 6.54 Å². The molecule has 7 heteroatoms. The molecule has 0 radical (unpaired) electrons. The van der Waals surface area contributed by atoms with Crippen molar-refractivity contribution in [3.63, 3.8) is 0 Å². The number of anilines is 1. The summed E-state index contributed by atoms with van der Waals surface area (Å²) in [5, 5.41) is 3.06. The number of amides is 2. The number of rotatable bonds is 4. The number of hydrogen-bond acceptors (Lipinski definition) is 4. The number of pyridine rings is 2. The van der Waals surface area contributed by atoms with Gasteiger partial charge in [0, 0.05) is 50.5 Å². The van der Waals surface area contributed by atoms with Crippen LogP contribution < -0.4 is 5.32 Å². The first-order valence-corrected chi connectivity index (χ1v) is 10.2. The number of aromatic nitrogens is 3. The highest BCUT2D eigenvalue weighted by atomic mass is 16.2. The summed E-state index contributed by atoms with van der Waals surface area (Å²) in [7, 11) is 2.15. The predicted octanol–water partition coefficient (Wildman–Crippen LogP) is 3.56. The van der Waals surface area contributed by atoms with E-state index >= 15 is 0 Å². The minimum atomic E-state index is -0.0307. The third-order valence-electron chi connectivity index (χ3n) is 5.67. The first kappa shape index (κ1) is 19.4. The van der Waals surface area contributed by atoms with Gasteiger partial charge in [0.05, 0.1) is 11.4 Å². The van der Waals surface area contributed by atoms with Crippen LogP contribution in [0.4, 0.5) is 10.5 Å². The molecule has 29 heavy (non-hydrogen) atoms. The number of nitrogens with zero attached hydrogens (tertiary/aromatic N) is 5. The van der Waals surface area contributed by atoms with Crippen LogP contribution in [0.1, 0.15) is 30.5 Å². The quantitative estimate of drug-likeness (QED) is 0.737. The average Bonchev–Trinajstić information content (AvgIpc) is 3.04. The van der Waals surface area contributed by atoms with Crippen molar-refractivity contribution >= 4 is 17.4 Å². The zero-order chi connectivity index (χ0) is 20.2. The van der Waals surface area contributed by atoms with Crippen LogP contribution in [0.5, 0.6) is 0 Å². The number of nitrogens with one attached hydrogen (secondary N) is 1. The summed E-state index contributed by atoms with van der Waals surface area (Å²) in [5.74, 6) is 0. The van der Waals surface area contributed by atoms with Crippen molar-refractivity contribution in [2.24, 2.45) is 0 Å². The molecule has 3 aromatic heterocycles. The molecule has 1 fully saturated rings. The van der Waals surface area contributed by atoms with Crippen molar-refractivity contribution in [2.45, 2.75) is 38.8 Å². The van der Waals surface area contributed by atoms with Crippen molar-refractivity contribution in [3.8, 4) is 0 Å². The van der Waals surface area contributed by atoms with Gasteiger partial charge in [0.25, 0.3) is 0 Å². The Hall–Kier alpha value is -2.93. The molecule has 1 aliphatic heterocycles. The normalized spacial score (nSPS) is 17.5. The Labute approximate surface area is 171 Å². The summed E-state index contributed by atoms with van der Waals surface area (Å²) in [6, 6.07) is 8.43. The summed E-state index contributed by atoms with van der Waals surface area (Å²) in [6.07, 6.45) is 10.5. The van der Waals surface area contributed by atoms with Gasteiger partial charge < -0.3 is 14.6 Å². The van der Waals surface area contributed by atoms with Crippen LogP contribution in [0.25, 0.3) is 5.65 Å². The number of fused-ring (bicyclic) bond motifs is 1. The monoisotopic (exact) mass is 392 g/mol. The van der Waals surface area contributed by atoms with Gasteiger partial charge in [-0.05, 0) is 57.0 Å². The molecule has 1 N–H and O–H groups in total. The second kappa shape index (κ2) is 8.61. The van der Waals surface area contributed by atoms with Crippen LogP contribution in [0.3, 0.4) is 0 Å². The SMILES string of the molecule is Cc1cc(NC(=O)N2CCCC(N(C)Cc3ccccn3)CC2)cn2ccnc12. The van der Waals surface area contributed by atoms with Gasteiger partial charge in [-0.3, -0.25) is 9.88 Å². The molecule has 0 aromatic carbocycles. The molecule has 1 aliphatic rings. The molecular formula is C22H28N6O. The molecule has 152 valence electrons. The third-order valence-corrected chi connectivity index (χ3v) is 5.67. The molecule has 1 unspecified atom stereocenters. The smallest absolute Gasteiger partial charge is 0.321 e. The zero-order valence-corrected chi connectivity index (χ0v) is 17.1. The van der Waals surface area contributed by atoms with Crippen molar-refractivity contribution in [1.29, 1.82) is 0 Å². The highest BCUT2D eigenvalue weighted by molar-refractivity contribution is 5.89. The number of urea groups is 1. The van der Waals surface area contributed by atoms with E-state index in [1.165, 1.54) is 0 Å². The molecular weight excluding hydrogens is 364 g/mol. The Balaban J connectivity index is 1.35. The van der Waals surface area contributed by atoms with E-state index in [0.29, 0.717) is 6.04 Å². The topological polar surface area (TPSA) is 65.8 Å². The Morgan fingerprint density at radius 1 is 1.24 bits per heavy atom. The minimum absolute atomic E-state index is 0.0307. The maximum absolute atomic E-state index is 12.8. The number of aryl methyl sites for hydroxylation is 1. The fourth-order valence-corrected chi connectivity index (χ4v) is 4.08. The number of likely N-dealkylation sites (tertiary alicyclic amines) is 1. The van der Waals surface area contributed by atoms with E-state index in [4.69, 9.17) is 0 Å². The lowest BCUT2D eigenvalue weighted by molar-refractivity contribution is 0.200. The molecule has 4 rings (SSSR count). The largest absolute Gasteiger partial charge is 0.324 e. The second-order valence-corrected chi connectivity index (χ2v) is 7.81. The van der Waals surface area contributed by atoms with E-state index in [1.807, 2.05) is 53.0 Å². The molecule has 0 bridgehead atoms. The van der Waals surface area contributed by atoms with Gasteiger partial charge in [0.15, 0.2) is 0 Å². The molecule has 0 aliphatic carbocycles. The maximum atomic E-state index is 12.8. The molecule has 1 atom stereocenters. The van der Waals surface area contributed by atoms with Crippen molar-refractivity contribution < 1.29 is 4.79 Å². The fraction of sp³-hybridized carbons (Fsp3) is 0.409. The number of carbonyl (C=O) groups is 1. The molecule has 0 spiro atoms.